The quantitative estimate of drug-likeness (QED) is 0.545. The Balaban J connectivity index is 0.000000300. The van der Waals surface area contributed by atoms with E-state index in [0.717, 1.165) is 24.0 Å². The van der Waals surface area contributed by atoms with E-state index in [0.29, 0.717) is 11.8 Å². The van der Waals surface area contributed by atoms with Crippen molar-refractivity contribution in [1.82, 2.24) is 0 Å². The van der Waals surface area contributed by atoms with Crippen LogP contribution in [-0.2, 0) is 22.4 Å². The molecule has 2 aromatic carbocycles. The predicted molar refractivity (Wildman–Crippen MR) is 122 cm³/mol. The molecule has 0 fully saturated rings. The van der Waals surface area contributed by atoms with E-state index < -0.39 is 23.8 Å². The summed E-state index contributed by atoms with van der Waals surface area (Å²) in [6.45, 7) is 12.1. The lowest BCUT2D eigenvalue weighted by atomic mass is 9.97. The van der Waals surface area contributed by atoms with Gasteiger partial charge in [-0.25, -0.2) is 0 Å². The molecule has 1 unspecified atom stereocenters. The molecule has 0 heterocycles. The molecular formula is C26H36O4. The molecule has 2 atom stereocenters. The fourth-order valence-electron chi connectivity index (χ4n) is 3.11. The van der Waals surface area contributed by atoms with Crippen molar-refractivity contribution in [3.63, 3.8) is 0 Å². The summed E-state index contributed by atoms with van der Waals surface area (Å²) in [5.41, 5.74) is 4.28. The Hall–Kier alpha value is -2.62. The number of hydrogen-bond acceptors (Lipinski definition) is 2. The molecule has 0 amide bonds. The van der Waals surface area contributed by atoms with Crippen LogP contribution in [0.3, 0.4) is 0 Å². The standard InChI is InChI=1S/2C13H18O2/c2*1-9(2)8-11-4-6-12(7-5-11)10(3)13(14)15/h2*4-7,9-10H,8H2,1-3H3,(H,14,15)/t10-;/m0./s1. The van der Waals surface area contributed by atoms with Gasteiger partial charge in [0.15, 0.2) is 0 Å². The summed E-state index contributed by atoms with van der Waals surface area (Å²) in [4.78, 5) is 21.5. The van der Waals surface area contributed by atoms with Crippen LogP contribution in [0.15, 0.2) is 48.5 Å². The average molecular weight is 413 g/mol. The van der Waals surface area contributed by atoms with Crippen molar-refractivity contribution in [2.75, 3.05) is 0 Å². The molecule has 164 valence electrons. The SMILES string of the molecule is CC(C)Cc1ccc(C(C)C(=O)O)cc1.CC(C)Cc1ccc([C@H](C)C(=O)O)cc1. The normalized spacial score (nSPS) is 12.8. The van der Waals surface area contributed by atoms with Crippen molar-refractivity contribution < 1.29 is 19.8 Å². The van der Waals surface area contributed by atoms with Crippen LogP contribution in [0.2, 0.25) is 0 Å². The van der Waals surface area contributed by atoms with Crippen molar-refractivity contribution in [3.8, 4) is 0 Å². The minimum atomic E-state index is -0.772. The third-order valence-electron chi connectivity index (χ3n) is 4.99. The van der Waals surface area contributed by atoms with E-state index in [2.05, 4.69) is 27.7 Å². The lowest BCUT2D eigenvalue weighted by Gasteiger charge is -2.09. The zero-order valence-corrected chi connectivity index (χ0v) is 19.1. The van der Waals surface area contributed by atoms with E-state index in [-0.39, 0.29) is 0 Å². The molecule has 0 bridgehead atoms. The van der Waals surface area contributed by atoms with Crippen LogP contribution in [0.25, 0.3) is 0 Å². The van der Waals surface area contributed by atoms with Gasteiger partial charge in [0.1, 0.15) is 0 Å². The second-order valence-electron chi connectivity index (χ2n) is 8.80. The first kappa shape index (κ1) is 25.4. The van der Waals surface area contributed by atoms with Gasteiger partial charge in [-0.15, -0.1) is 0 Å². The van der Waals surface area contributed by atoms with Gasteiger partial charge in [0.25, 0.3) is 0 Å². The first-order chi connectivity index (χ1) is 14.0. The maximum absolute atomic E-state index is 10.8. The summed E-state index contributed by atoms with van der Waals surface area (Å²) >= 11 is 0. The number of carbonyl (C=O) groups is 2. The zero-order valence-electron chi connectivity index (χ0n) is 19.1. The Morgan fingerprint density at radius 1 is 0.600 bits per heavy atom. The zero-order chi connectivity index (χ0) is 22.8. The third-order valence-corrected chi connectivity index (χ3v) is 4.99. The molecule has 0 aromatic heterocycles. The molecule has 0 aliphatic heterocycles. The molecule has 2 aromatic rings. The van der Waals surface area contributed by atoms with Crippen LogP contribution in [0.5, 0.6) is 0 Å². The monoisotopic (exact) mass is 412 g/mol. The Labute approximate surface area is 181 Å². The minimum Gasteiger partial charge on any atom is -0.481 e. The van der Waals surface area contributed by atoms with Crippen molar-refractivity contribution >= 4 is 11.9 Å². The highest BCUT2D eigenvalue weighted by atomic mass is 16.4. The fourth-order valence-corrected chi connectivity index (χ4v) is 3.11. The summed E-state index contributed by atoms with van der Waals surface area (Å²) in [6.07, 6.45) is 2.09. The molecule has 0 aliphatic carbocycles. The largest absolute Gasteiger partial charge is 0.481 e. The fraction of sp³-hybridized carbons (Fsp3) is 0.462. The van der Waals surface area contributed by atoms with E-state index in [1.165, 1.54) is 11.1 Å². The predicted octanol–water partition coefficient (Wildman–Crippen LogP) is 6.15. The maximum Gasteiger partial charge on any atom is 0.310 e. The number of aliphatic carboxylic acids is 2. The topological polar surface area (TPSA) is 74.6 Å². The molecule has 2 N–H and O–H groups in total. The molecule has 0 radical (unpaired) electrons. The highest BCUT2D eigenvalue weighted by Gasteiger charge is 2.13. The Kier molecular flexibility index (Phi) is 10.3. The van der Waals surface area contributed by atoms with Gasteiger partial charge in [0.05, 0.1) is 11.8 Å². The highest BCUT2D eigenvalue weighted by molar-refractivity contribution is 5.75. The van der Waals surface area contributed by atoms with Crippen LogP contribution in [0.4, 0.5) is 0 Å². The van der Waals surface area contributed by atoms with Crippen LogP contribution in [0, 0.1) is 11.8 Å². The second kappa shape index (κ2) is 12.2. The Bertz CT molecular complexity index is 719. The minimum absolute atomic E-state index is 0.418. The van der Waals surface area contributed by atoms with E-state index >= 15 is 0 Å². The molecule has 30 heavy (non-hydrogen) atoms. The molecule has 0 spiro atoms. The summed E-state index contributed by atoms with van der Waals surface area (Å²) in [5.74, 6) is -1.12. The van der Waals surface area contributed by atoms with Crippen LogP contribution in [-0.4, -0.2) is 22.2 Å². The Morgan fingerprint density at radius 3 is 1.07 bits per heavy atom. The molecule has 4 heteroatoms. The van der Waals surface area contributed by atoms with Gasteiger partial charge in [-0.1, -0.05) is 76.2 Å². The third kappa shape index (κ3) is 8.81. The van der Waals surface area contributed by atoms with Crippen LogP contribution >= 0.6 is 0 Å². The molecular weight excluding hydrogens is 376 g/mol. The summed E-state index contributed by atoms with van der Waals surface area (Å²) in [6, 6.07) is 15.7. The van der Waals surface area contributed by atoms with Crippen LogP contribution in [0.1, 0.15) is 75.6 Å². The number of carboxylic acid groups (broad SMARTS) is 2. The molecule has 0 saturated heterocycles. The van der Waals surface area contributed by atoms with Crippen molar-refractivity contribution in [2.24, 2.45) is 11.8 Å². The molecule has 0 aliphatic rings. The van der Waals surface area contributed by atoms with E-state index in [1.54, 1.807) is 13.8 Å². The summed E-state index contributed by atoms with van der Waals surface area (Å²) in [5, 5.41) is 17.7. The maximum atomic E-state index is 10.8. The van der Waals surface area contributed by atoms with Gasteiger partial charge in [-0.3, -0.25) is 9.59 Å². The van der Waals surface area contributed by atoms with Crippen molar-refractivity contribution in [2.45, 2.75) is 66.2 Å². The molecule has 2 rings (SSSR count). The lowest BCUT2D eigenvalue weighted by molar-refractivity contribution is -0.139. The molecule has 0 saturated carbocycles. The van der Waals surface area contributed by atoms with Crippen molar-refractivity contribution in [1.29, 1.82) is 0 Å². The first-order valence-electron chi connectivity index (χ1n) is 10.6. The van der Waals surface area contributed by atoms with Gasteiger partial charge < -0.3 is 10.2 Å². The van der Waals surface area contributed by atoms with E-state index in [1.807, 2.05) is 48.5 Å². The van der Waals surface area contributed by atoms with Gasteiger partial charge in [0.2, 0.25) is 0 Å². The lowest BCUT2D eigenvalue weighted by Crippen LogP contribution is -2.07. The second-order valence-corrected chi connectivity index (χ2v) is 8.80. The highest BCUT2D eigenvalue weighted by Crippen LogP contribution is 2.18. The summed E-state index contributed by atoms with van der Waals surface area (Å²) in [7, 11) is 0. The average Bonchev–Trinajstić information content (AvgIpc) is 2.67. The van der Waals surface area contributed by atoms with Gasteiger partial charge in [0, 0.05) is 0 Å². The number of benzene rings is 2. The Morgan fingerprint density at radius 2 is 0.867 bits per heavy atom. The molecule has 4 nitrogen and oxygen atoms in total. The number of hydrogen-bond donors (Lipinski definition) is 2. The van der Waals surface area contributed by atoms with E-state index in [9.17, 15) is 9.59 Å². The van der Waals surface area contributed by atoms with Gasteiger partial charge in [-0.05, 0) is 60.8 Å². The van der Waals surface area contributed by atoms with E-state index in [4.69, 9.17) is 10.2 Å². The number of carboxylic acids is 2. The van der Waals surface area contributed by atoms with Gasteiger partial charge in [-0.2, -0.15) is 0 Å². The smallest absolute Gasteiger partial charge is 0.310 e. The van der Waals surface area contributed by atoms with Crippen LogP contribution < -0.4 is 0 Å². The van der Waals surface area contributed by atoms with Crippen molar-refractivity contribution in [3.05, 3.63) is 70.8 Å². The van der Waals surface area contributed by atoms with Gasteiger partial charge >= 0.3 is 11.9 Å². The first-order valence-corrected chi connectivity index (χ1v) is 10.6. The summed E-state index contributed by atoms with van der Waals surface area (Å²) < 4.78 is 0. The number of rotatable bonds is 8.